The highest BCUT2D eigenvalue weighted by Crippen LogP contribution is 2.36. The zero-order chi connectivity index (χ0) is 25.4. The van der Waals surface area contributed by atoms with Crippen LogP contribution in [0.4, 0.5) is 0 Å². The van der Waals surface area contributed by atoms with Crippen LogP contribution in [0, 0.1) is 0 Å². The highest BCUT2D eigenvalue weighted by atomic mass is 35.5. The Morgan fingerprint density at radius 1 is 1.03 bits per heavy atom. The van der Waals surface area contributed by atoms with Gasteiger partial charge in [-0.25, -0.2) is 0 Å². The van der Waals surface area contributed by atoms with Gasteiger partial charge in [-0.3, -0.25) is 4.79 Å². The lowest BCUT2D eigenvalue weighted by atomic mass is 10.1. The van der Waals surface area contributed by atoms with Gasteiger partial charge in [0.25, 0.3) is 5.91 Å². The molecule has 0 unspecified atom stereocenters. The summed E-state index contributed by atoms with van der Waals surface area (Å²) in [5.41, 5.74) is 3.28. The van der Waals surface area contributed by atoms with Gasteiger partial charge in [-0.1, -0.05) is 50.2 Å². The average Bonchev–Trinajstić information content (AvgIpc) is 2.82. The van der Waals surface area contributed by atoms with Crippen LogP contribution in [-0.2, 0) is 18.7 Å². The van der Waals surface area contributed by atoms with Crippen LogP contribution in [-0.4, -0.2) is 23.4 Å². The predicted octanol–water partition coefficient (Wildman–Crippen LogP) is 7.33. The van der Waals surface area contributed by atoms with Crippen molar-refractivity contribution in [2.75, 3.05) is 7.11 Å². The molecule has 0 aliphatic heterocycles. The van der Waals surface area contributed by atoms with Crippen LogP contribution in [0.25, 0.3) is 0 Å². The summed E-state index contributed by atoms with van der Waals surface area (Å²) in [6, 6.07) is 18.3. The molecule has 0 saturated carbocycles. The second kappa shape index (κ2) is 12.6. The molecule has 184 valence electrons. The summed E-state index contributed by atoms with van der Waals surface area (Å²) in [6.45, 7) is 8.22. The van der Waals surface area contributed by atoms with Crippen LogP contribution in [0.15, 0.2) is 73.0 Å². The molecule has 0 fully saturated rings. The molecular weight excluding hydrogens is 482 g/mol. The summed E-state index contributed by atoms with van der Waals surface area (Å²) in [5, 5.41) is 13.6. The molecule has 0 aliphatic carbocycles. The largest absolute Gasteiger partial charge is 0.513 e. The summed E-state index contributed by atoms with van der Waals surface area (Å²) in [5.74, 6) is 2.34. The monoisotopic (exact) mass is 511 g/mol. The quantitative estimate of drug-likeness (QED) is 0.264. The number of aliphatic hydroxyl groups excluding tert-OH is 1. The van der Waals surface area contributed by atoms with Crippen molar-refractivity contribution in [3.8, 4) is 17.2 Å². The van der Waals surface area contributed by atoms with Crippen molar-refractivity contribution in [3.05, 3.63) is 100 Å². The number of aliphatic hydroxyl groups is 1. The first kappa shape index (κ1) is 26.5. The van der Waals surface area contributed by atoms with E-state index in [-0.39, 0.29) is 11.7 Å². The number of ether oxygens (including phenoxy) is 2. The van der Waals surface area contributed by atoms with Gasteiger partial charge >= 0.3 is 0 Å². The summed E-state index contributed by atoms with van der Waals surface area (Å²) in [6.07, 6.45) is 0.323. The normalized spacial score (nSPS) is 10.8. The van der Waals surface area contributed by atoms with E-state index in [0.717, 1.165) is 16.7 Å². The van der Waals surface area contributed by atoms with Gasteiger partial charge in [0.1, 0.15) is 5.75 Å². The van der Waals surface area contributed by atoms with E-state index < -0.39 is 0 Å². The third kappa shape index (κ3) is 7.98. The highest BCUT2D eigenvalue weighted by Gasteiger charge is 2.15. The van der Waals surface area contributed by atoms with Gasteiger partial charge in [-0.2, -0.15) is 11.8 Å². The number of hydrogen-bond donors (Lipinski definition) is 2. The molecule has 0 radical (unpaired) electrons. The van der Waals surface area contributed by atoms with Crippen molar-refractivity contribution in [2.24, 2.45) is 0 Å². The number of benzene rings is 3. The maximum atomic E-state index is 12.9. The molecule has 35 heavy (non-hydrogen) atoms. The third-order valence-electron chi connectivity index (χ3n) is 5.12. The number of methoxy groups -OCH3 is 1. The first-order chi connectivity index (χ1) is 16.7. The molecule has 5 nitrogen and oxygen atoms in total. The van der Waals surface area contributed by atoms with Gasteiger partial charge in [-0.05, 0) is 58.8 Å². The fourth-order valence-electron chi connectivity index (χ4n) is 3.34. The lowest BCUT2D eigenvalue weighted by molar-refractivity contribution is 0.0951. The highest BCUT2D eigenvalue weighted by molar-refractivity contribution is 7.99. The van der Waals surface area contributed by atoms with Crippen molar-refractivity contribution in [2.45, 2.75) is 37.8 Å². The molecule has 0 spiro atoms. The van der Waals surface area contributed by atoms with Gasteiger partial charge in [0.05, 0.1) is 12.9 Å². The number of carbonyl (C=O) groups excluding carboxylic acids is 1. The SMILES string of the molecule is C=C(O)Cc1ccc(OC)c(Oc2ccc(C(=O)NCc3ccc(Cl)cc3)cc2CSC(C)C)c1. The number of rotatable bonds is 11. The molecule has 3 aromatic rings. The van der Waals surface area contributed by atoms with Crippen molar-refractivity contribution in [3.63, 3.8) is 0 Å². The zero-order valence-corrected chi connectivity index (χ0v) is 21.7. The molecular formula is C28H30ClNO4S. The Kier molecular flexibility index (Phi) is 9.52. The molecule has 0 saturated heterocycles. The molecule has 3 rings (SSSR count). The first-order valence-corrected chi connectivity index (χ1v) is 12.7. The second-order valence-corrected chi connectivity index (χ2v) is 10.3. The Morgan fingerprint density at radius 3 is 2.37 bits per heavy atom. The fraction of sp³-hybridized carbons (Fsp3) is 0.250. The molecule has 1 amide bonds. The summed E-state index contributed by atoms with van der Waals surface area (Å²) >= 11 is 7.70. The molecule has 3 aromatic carbocycles. The number of amides is 1. The van der Waals surface area contributed by atoms with Gasteiger partial charge in [-0.15, -0.1) is 0 Å². The van der Waals surface area contributed by atoms with E-state index >= 15 is 0 Å². The van der Waals surface area contributed by atoms with Gasteiger partial charge in [0, 0.05) is 34.9 Å². The zero-order valence-electron chi connectivity index (χ0n) is 20.1. The number of thioether (sulfide) groups is 1. The first-order valence-electron chi connectivity index (χ1n) is 11.2. The molecule has 2 N–H and O–H groups in total. The van der Waals surface area contributed by atoms with E-state index in [0.29, 0.717) is 51.8 Å². The number of halogens is 1. The van der Waals surface area contributed by atoms with Crippen molar-refractivity contribution in [1.29, 1.82) is 0 Å². The maximum absolute atomic E-state index is 12.9. The van der Waals surface area contributed by atoms with E-state index in [1.54, 1.807) is 43.1 Å². The van der Waals surface area contributed by atoms with Gasteiger partial charge < -0.3 is 19.9 Å². The van der Waals surface area contributed by atoms with Crippen LogP contribution in [0.3, 0.4) is 0 Å². The molecule has 0 heterocycles. The van der Waals surface area contributed by atoms with Crippen molar-refractivity contribution in [1.82, 2.24) is 5.32 Å². The minimum atomic E-state index is -0.164. The molecule has 7 heteroatoms. The smallest absolute Gasteiger partial charge is 0.251 e. The Bertz CT molecular complexity index is 1180. The van der Waals surface area contributed by atoms with E-state index in [1.165, 1.54) is 0 Å². The van der Waals surface area contributed by atoms with Gasteiger partial charge in [0.15, 0.2) is 11.5 Å². The minimum absolute atomic E-state index is 0.0732. The topological polar surface area (TPSA) is 67.8 Å². The van der Waals surface area contributed by atoms with E-state index in [4.69, 9.17) is 21.1 Å². The van der Waals surface area contributed by atoms with E-state index in [1.807, 2.05) is 36.4 Å². The summed E-state index contributed by atoms with van der Waals surface area (Å²) in [7, 11) is 1.58. The number of carbonyl (C=O) groups is 1. The lowest BCUT2D eigenvalue weighted by Crippen LogP contribution is -2.22. The number of hydrogen-bond acceptors (Lipinski definition) is 5. The summed E-state index contributed by atoms with van der Waals surface area (Å²) in [4.78, 5) is 12.9. The minimum Gasteiger partial charge on any atom is -0.513 e. The lowest BCUT2D eigenvalue weighted by Gasteiger charge is -2.16. The second-order valence-electron chi connectivity index (χ2n) is 8.32. The van der Waals surface area contributed by atoms with Crippen molar-refractivity contribution >= 4 is 29.3 Å². The van der Waals surface area contributed by atoms with E-state index in [9.17, 15) is 9.90 Å². The number of nitrogens with one attached hydrogen (secondary N) is 1. The number of allylic oxidation sites excluding steroid dienone is 1. The van der Waals surface area contributed by atoms with Crippen LogP contribution >= 0.6 is 23.4 Å². The molecule has 0 aromatic heterocycles. The van der Waals surface area contributed by atoms with Crippen LogP contribution in [0.2, 0.25) is 5.02 Å². The van der Waals surface area contributed by atoms with Gasteiger partial charge in [0.2, 0.25) is 0 Å². The Morgan fingerprint density at radius 2 is 1.71 bits per heavy atom. The standard InChI is InChI=1S/C28H30ClNO4S/c1-18(2)35-17-23-15-22(28(32)30-16-20-5-9-24(29)10-6-20)8-12-25(23)34-27-14-21(13-19(3)31)7-11-26(27)33-4/h5-12,14-15,18,31H,3,13,16-17H2,1-2,4H3,(H,30,32). The molecule has 0 bridgehead atoms. The van der Waals surface area contributed by atoms with Crippen LogP contribution in [0.5, 0.6) is 17.2 Å². The summed E-state index contributed by atoms with van der Waals surface area (Å²) < 4.78 is 11.7. The van der Waals surface area contributed by atoms with Crippen LogP contribution in [0.1, 0.15) is 40.9 Å². The Balaban J connectivity index is 1.84. The Labute approximate surface area is 216 Å². The average molecular weight is 512 g/mol. The van der Waals surface area contributed by atoms with E-state index in [2.05, 4.69) is 25.7 Å². The van der Waals surface area contributed by atoms with Crippen LogP contribution < -0.4 is 14.8 Å². The maximum Gasteiger partial charge on any atom is 0.251 e. The molecule has 0 aliphatic rings. The molecule has 0 atom stereocenters. The Hall–Kier alpha value is -3.09. The predicted molar refractivity (Wildman–Crippen MR) is 144 cm³/mol. The third-order valence-corrected chi connectivity index (χ3v) is 6.51. The fourth-order valence-corrected chi connectivity index (χ4v) is 4.21. The van der Waals surface area contributed by atoms with Crippen molar-refractivity contribution < 1.29 is 19.4 Å².